The highest BCUT2D eigenvalue weighted by atomic mass is 19.1. The molecule has 0 aliphatic carbocycles. The molecule has 2 amide bonds. The van der Waals surface area contributed by atoms with Gasteiger partial charge in [-0.25, -0.2) is 4.39 Å². The number of nitriles is 1. The Morgan fingerprint density at radius 2 is 1.79 bits per heavy atom. The Morgan fingerprint density at radius 3 is 2.33 bits per heavy atom. The summed E-state index contributed by atoms with van der Waals surface area (Å²) >= 11 is 0. The average Bonchev–Trinajstić information content (AvgIpc) is 2.60. The smallest absolute Gasteiger partial charge is 0.266 e. The number of piperazine rings is 1. The Kier molecular flexibility index (Phi) is 5.90. The van der Waals surface area contributed by atoms with Gasteiger partial charge in [0.25, 0.3) is 5.91 Å². The van der Waals surface area contributed by atoms with E-state index in [1.165, 1.54) is 25.3 Å². The number of nitrogens with one attached hydrogen (secondary N) is 1. The third-order valence-corrected chi connectivity index (χ3v) is 3.83. The molecule has 0 radical (unpaired) electrons. The zero-order valence-corrected chi connectivity index (χ0v) is 13.5. The van der Waals surface area contributed by atoms with Gasteiger partial charge in [-0.1, -0.05) is 12.1 Å². The number of carbonyl (C=O) groups excluding carboxylic acids is 2. The van der Waals surface area contributed by atoms with Crippen LogP contribution in [0.2, 0.25) is 0 Å². The third kappa shape index (κ3) is 4.56. The van der Waals surface area contributed by atoms with Crippen molar-refractivity contribution in [3.63, 3.8) is 0 Å². The van der Waals surface area contributed by atoms with Gasteiger partial charge in [-0.15, -0.1) is 0 Å². The van der Waals surface area contributed by atoms with E-state index in [1.807, 2.05) is 6.07 Å². The first-order valence-corrected chi connectivity index (χ1v) is 7.64. The lowest BCUT2D eigenvalue weighted by atomic mass is 10.2. The van der Waals surface area contributed by atoms with Crippen LogP contribution in [0.5, 0.6) is 0 Å². The van der Waals surface area contributed by atoms with Crippen molar-refractivity contribution in [2.45, 2.75) is 13.5 Å². The van der Waals surface area contributed by atoms with E-state index in [0.717, 1.165) is 5.56 Å². The van der Waals surface area contributed by atoms with Crippen LogP contribution in [0.3, 0.4) is 0 Å². The van der Waals surface area contributed by atoms with Crippen LogP contribution in [0.4, 0.5) is 4.39 Å². The van der Waals surface area contributed by atoms with Gasteiger partial charge in [-0.2, -0.15) is 5.26 Å². The number of hydrogen-bond acceptors (Lipinski definition) is 4. The summed E-state index contributed by atoms with van der Waals surface area (Å²) in [5, 5.41) is 12.1. The molecule has 2 rings (SSSR count). The van der Waals surface area contributed by atoms with Gasteiger partial charge in [0.1, 0.15) is 17.5 Å². The molecule has 1 aliphatic heterocycles. The van der Waals surface area contributed by atoms with Gasteiger partial charge in [0.15, 0.2) is 0 Å². The largest absolute Gasteiger partial charge is 0.386 e. The minimum atomic E-state index is -0.354. The monoisotopic (exact) mass is 330 g/mol. The van der Waals surface area contributed by atoms with E-state index in [0.29, 0.717) is 32.7 Å². The number of hydrogen-bond donors (Lipinski definition) is 1. The Balaban J connectivity index is 1.90. The molecule has 1 heterocycles. The number of halogens is 1. The fourth-order valence-electron chi connectivity index (χ4n) is 2.41. The Bertz CT molecular complexity index is 671. The van der Waals surface area contributed by atoms with Crippen LogP contribution in [0.25, 0.3) is 0 Å². The lowest BCUT2D eigenvalue weighted by molar-refractivity contribution is -0.136. The molecule has 1 aromatic carbocycles. The summed E-state index contributed by atoms with van der Waals surface area (Å²) in [6.07, 6.45) is 1.38. The van der Waals surface area contributed by atoms with E-state index in [9.17, 15) is 19.2 Å². The van der Waals surface area contributed by atoms with Crippen molar-refractivity contribution in [2.24, 2.45) is 0 Å². The van der Waals surface area contributed by atoms with Gasteiger partial charge in [0.2, 0.25) is 5.91 Å². The van der Waals surface area contributed by atoms with Crippen LogP contribution in [0.1, 0.15) is 12.5 Å². The number of benzene rings is 1. The zero-order valence-electron chi connectivity index (χ0n) is 13.5. The quantitative estimate of drug-likeness (QED) is 0.660. The Hall–Kier alpha value is -2.88. The summed E-state index contributed by atoms with van der Waals surface area (Å²) in [6.45, 7) is 3.66. The summed E-state index contributed by atoms with van der Waals surface area (Å²) in [5.74, 6) is -0.682. The normalized spacial score (nSPS) is 15.0. The molecule has 0 spiro atoms. The van der Waals surface area contributed by atoms with Gasteiger partial charge in [0.05, 0.1) is 0 Å². The van der Waals surface area contributed by atoms with Crippen molar-refractivity contribution in [3.8, 4) is 6.07 Å². The number of carbonyl (C=O) groups is 2. The molecule has 1 aromatic rings. The van der Waals surface area contributed by atoms with Gasteiger partial charge in [-0.3, -0.25) is 9.59 Å². The molecule has 1 fully saturated rings. The molecular formula is C17H19FN4O2. The van der Waals surface area contributed by atoms with Crippen LogP contribution in [0.15, 0.2) is 36.0 Å². The molecule has 1 N–H and O–H groups in total. The van der Waals surface area contributed by atoms with E-state index < -0.39 is 0 Å². The maximum atomic E-state index is 12.8. The lowest BCUT2D eigenvalue weighted by Crippen LogP contribution is -2.50. The summed E-state index contributed by atoms with van der Waals surface area (Å²) in [5.41, 5.74) is 0.848. The highest BCUT2D eigenvalue weighted by molar-refractivity contribution is 5.97. The maximum absolute atomic E-state index is 12.8. The van der Waals surface area contributed by atoms with Crippen molar-refractivity contribution < 1.29 is 14.0 Å². The molecule has 0 unspecified atom stereocenters. The van der Waals surface area contributed by atoms with Gasteiger partial charge in [-0.05, 0) is 17.7 Å². The second kappa shape index (κ2) is 8.11. The van der Waals surface area contributed by atoms with Crippen LogP contribution < -0.4 is 5.32 Å². The first-order chi connectivity index (χ1) is 11.5. The summed E-state index contributed by atoms with van der Waals surface area (Å²) in [4.78, 5) is 26.9. The minimum absolute atomic E-state index is 0.00777. The molecule has 0 saturated carbocycles. The summed E-state index contributed by atoms with van der Waals surface area (Å²) in [7, 11) is 0. The molecule has 7 heteroatoms. The number of rotatable bonds is 4. The van der Waals surface area contributed by atoms with Crippen LogP contribution >= 0.6 is 0 Å². The van der Waals surface area contributed by atoms with E-state index in [-0.39, 0.29) is 23.2 Å². The van der Waals surface area contributed by atoms with Gasteiger partial charge >= 0.3 is 0 Å². The SMILES string of the molecule is CC(=O)N1CCN(C(=O)/C(C#N)=C\NCc2ccc(F)cc2)CC1. The molecule has 0 bridgehead atoms. The molecular weight excluding hydrogens is 311 g/mol. The van der Waals surface area contributed by atoms with Crippen molar-refractivity contribution in [1.82, 2.24) is 15.1 Å². The zero-order chi connectivity index (χ0) is 17.5. The van der Waals surface area contributed by atoms with E-state index >= 15 is 0 Å². The first kappa shape index (κ1) is 17.5. The summed E-state index contributed by atoms with van der Waals surface area (Å²) in [6, 6.07) is 7.86. The van der Waals surface area contributed by atoms with Crippen molar-refractivity contribution in [2.75, 3.05) is 26.2 Å². The van der Waals surface area contributed by atoms with Crippen molar-refractivity contribution >= 4 is 11.8 Å². The predicted molar refractivity (Wildman–Crippen MR) is 85.8 cm³/mol. The maximum Gasteiger partial charge on any atom is 0.266 e. The van der Waals surface area contributed by atoms with Gasteiger partial charge in [0, 0.05) is 45.8 Å². The van der Waals surface area contributed by atoms with Crippen molar-refractivity contribution in [3.05, 3.63) is 47.4 Å². The fourth-order valence-corrected chi connectivity index (χ4v) is 2.41. The molecule has 24 heavy (non-hydrogen) atoms. The molecule has 0 aromatic heterocycles. The Labute approximate surface area is 140 Å². The molecule has 1 aliphatic rings. The standard InChI is InChI=1S/C17H19FN4O2/c1-13(23)21-6-8-22(9-7-21)17(24)15(10-19)12-20-11-14-2-4-16(18)5-3-14/h2-5,12,20H,6-9,11H2,1H3/b15-12-. The molecule has 1 saturated heterocycles. The minimum Gasteiger partial charge on any atom is -0.386 e. The average molecular weight is 330 g/mol. The first-order valence-electron chi connectivity index (χ1n) is 7.64. The Morgan fingerprint density at radius 1 is 1.21 bits per heavy atom. The molecule has 126 valence electrons. The van der Waals surface area contributed by atoms with Crippen molar-refractivity contribution in [1.29, 1.82) is 5.26 Å². The number of nitrogens with zero attached hydrogens (tertiary/aromatic N) is 3. The third-order valence-electron chi connectivity index (χ3n) is 3.83. The highest BCUT2D eigenvalue weighted by Gasteiger charge is 2.24. The molecule has 6 nitrogen and oxygen atoms in total. The summed E-state index contributed by atoms with van der Waals surface area (Å²) < 4.78 is 12.8. The topological polar surface area (TPSA) is 76.4 Å². The van der Waals surface area contributed by atoms with Crippen LogP contribution in [-0.2, 0) is 16.1 Å². The van der Waals surface area contributed by atoms with E-state index in [2.05, 4.69) is 5.32 Å². The predicted octanol–water partition coefficient (Wildman–Crippen LogP) is 1.01. The second-order valence-electron chi connectivity index (χ2n) is 5.48. The second-order valence-corrected chi connectivity index (χ2v) is 5.48. The highest BCUT2D eigenvalue weighted by Crippen LogP contribution is 2.07. The fraction of sp³-hybridized carbons (Fsp3) is 0.353. The van der Waals surface area contributed by atoms with Crippen LogP contribution in [-0.4, -0.2) is 47.8 Å². The van der Waals surface area contributed by atoms with E-state index in [4.69, 9.17) is 0 Å². The number of amides is 2. The van der Waals surface area contributed by atoms with Crippen LogP contribution in [0, 0.1) is 17.1 Å². The van der Waals surface area contributed by atoms with E-state index in [1.54, 1.807) is 21.9 Å². The van der Waals surface area contributed by atoms with Gasteiger partial charge < -0.3 is 15.1 Å². The molecule has 0 atom stereocenters. The lowest BCUT2D eigenvalue weighted by Gasteiger charge is -2.34.